The van der Waals surface area contributed by atoms with Gasteiger partial charge in [-0.1, -0.05) is 60.7 Å². The lowest BCUT2D eigenvalue weighted by molar-refractivity contribution is -0.142. The van der Waals surface area contributed by atoms with Gasteiger partial charge in [0.15, 0.2) is 0 Å². The molecule has 0 spiro atoms. The molecule has 196 valence electrons. The van der Waals surface area contributed by atoms with Gasteiger partial charge in [-0.2, -0.15) is 0 Å². The minimum absolute atomic E-state index is 0.0541. The number of carboxylic acids is 1. The SMILES string of the molecule is NC(Cc1ccccc1)C(=O)NC(Cc1ccc(O)cc1)C(=O)NC(Cc1c[nH]c2ccccc12)C(=O)O. The van der Waals surface area contributed by atoms with Crippen LogP contribution in [0, 0.1) is 0 Å². The Labute approximate surface area is 219 Å². The smallest absolute Gasteiger partial charge is 0.326 e. The molecule has 4 rings (SSSR count). The summed E-state index contributed by atoms with van der Waals surface area (Å²) in [5.74, 6) is -2.31. The number of nitrogens with two attached hydrogens (primary N) is 1. The maximum absolute atomic E-state index is 13.4. The molecule has 0 saturated heterocycles. The molecule has 1 aromatic heterocycles. The van der Waals surface area contributed by atoms with Crippen LogP contribution in [-0.4, -0.2) is 51.1 Å². The Kier molecular flexibility index (Phi) is 8.40. The quantitative estimate of drug-likeness (QED) is 0.180. The van der Waals surface area contributed by atoms with Crippen molar-refractivity contribution < 1.29 is 24.6 Å². The number of phenolic OH excluding ortho intramolecular Hbond substituents is 1. The number of carbonyl (C=O) groups is 3. The van der Waals surface area contributed by atoms with Crippen molar-refractivity contribution in [1.82, 2.24) is 15.6 Å². The largest absolute Gasteiger partial charge is 0.508 e. The maximum Gasteiger partial charge on any atom is 0.326 e. The van der Waals surface area contributed by atoms with Crippen molar-refractivity contribution >= 4 is 28.7 Å². The number of fused-ring (bicyclic) bond motifs is 1. The highest BCUT2D eigenvalue weighted by Gasteiger charge is 2.29. The van der Waals surface area contributed by atoms with Crippen molar-refractivity contribution in [2.45, 2.75) is 37.4 Å². The summed E-state index contributed by atoms with van der Waals surface area (Å²) in [5.41, 5.74) is 9.28. The van der Waals surface area contributed by atoms with Gasteiger partial charge >= 0.3 is 5.97 Å². The molecule has 4 aromatic rings. The van der Waals surface area contributed by atoms with Crippen LogP contribution in [0.4, 0.5) is 0 Å². The van der Waals surface area contributed by atoms with E-state index in [0.29, 0.717) is 5.56 Å². The molecule has 1 heterocycles. The zero-order chi connectivity index (χ0) is 27.1. The number of hydrogen-bond acceptors (Lipinski definition) is 5. The second-order valence-corrected chi connectivity index (χ2v) is 9.19. The van der Waals surface area contributed by atoms with E-state index in [1.165, 1.54) is 12.1 Å². The lowest BCUT2D eigenvalue weighted by Crippen LogP contribution is -2.55. The highest BCUT2D eigenvalue weighted by atomic mass is 16.4. The number of para-hydroxylation sites is 1. The van der Waals surface area contributed by atoms with E-state index in [0.717, 1.165) is 22.0 Å². The number of carboxylic acid groups (broad SMARTS) is 1. The average Bonchev–Trinajstić information content (AvgIpc) is 3.32. The number of aromatic amines is 1. The predicted molar refractivity (Wildman–Crippen MR) is 143 cm³/mol. The van der Waals surface area contributed by atoms with Crippen LogP contribution in [0.1, 0.15) is 16.7 Å². The molecule has 38 heavy (non-hydrogen) atoms. The molecule has 3 atom stereocenters. The number of H-pyrrole nitrogens is 1. The summed E-state index contributed by atoms with van der Waals surface area (Å²) in [7, 11) is 0. The van der Waals surface area contributed by atoms with E-state index in [4.69, 9.17) is 5.73 Å². The van der Waals surface area contributed by atoms with Gasteiger partial charge in [0.1, 0.15) is 17.8 Å². The summed E-state index contributed by atoms with van der Waals surface area (Å²) in [4.78, 5) is 41.5. The standard InChI is InChI=1S/C29H30N4O5/c30-23(14-18-6-2-1-3-7-18)27(35)32-25(15-19-10-12-21(34)13-11-19)28(36)33-26(29(37)38)16-20-17-31-24-9-5-4-8-22(20)24/h1-13,17,23,25-26,31,34H,14-16,30H2,(H,32,35)(H,33,36)(H,37,38). The van der Waals surface area contributed by atoms with Gasteiger partial charge < -0.3 is 31.6 Å². The van der Waals surface area contributed by atoms with Crippen LogP contribution in [-0.2, 0) is 33.6 Å². The summed E-state index contributed by atoms with van der Waals surface area (Å²) in [5, 5.41) is 25.6. The van der Waals surface area contributed by atoms with Gasteiger partial charge in [0, 0.05) is 29.9 Å². The topological polar surface area (TPSA) is 158 Å². The van der Waals surface area contributed by atoms with E-state index in [9.17, 15) is 24.6 Å². The first-order chi connectivity index (χ1) is 18.3. The fraction of sp³-hybridized carbons (Fsp3) is 0.207. The minimum atomic E-state index is -1.22. The van der Waals surface area contributed by atoms with Crippen LogP contribution < -0.4 is 16.4 Å². The summed E-state index contributed by atoms with van der Waals surface area (Å²) >= 11 is 0. The van der Waals surface area contributed by atoms with E-state index >= 15 is 0 Å². The minimum Gasteiger partial charge on any atom is -0.508 e. The molecule has 0 aliphatic heterocycles. The summed E-state index contributed by atoms with van der Waals surface area (Å²) in [6.45, 7) is 0. The Bertz CT molecular complexity index is 1400. The number of amides is 2. The van der Waals surface area contributed by atoms with Gasteiger partial charge in [0.2, 0.25) is 11.8 Å². The molecular formula is C29H30N4O5. The molecule has 0 saturated carbocycles. The van der Waals surface area contributed by atoms with Crippen LogP contribution in [0.5, 0.6) is 5.75 Å². The molecule has 7 N–H and O–H groups in total. The highest BCUT2D eigenvalue weighted by molar-refractivity contribution is 5.92. The Balaban J connectivity index is 1.50. The molecule has 0 radical (unpaired) electrons. The predicted octanol–water partition coefficient (Wildman–Crippen LogP) is 2.28. The number of aromatic nitrogens is 1. The van der Waals surface area contributed by atoms with Crippen LogP contribution in [0.25, 0.3) is 10.9 Å². The lowest BCUT2D eigenvalue weighted by Gasteiger charge is -2.23. The summed E-state index contributed by atoms with van der Waals surface area (Å²) in [6, 6.07) is 19.8. The zero-order valence-corrected chi connectivity index (χ0v) is 20.6. The molecule has 0 bridgehead atoms. The Morgan fingerprint density at radius 2 is 1.39 bits per heavy atom. The number of phenols is 1. The monoisotopic (exact) mass is 514 g/mol. The molecule has 9 heteroatoms. The van der Waals surface area contributed by atoms with Crippen LogP contribution in [0.15, 0.2) is 85.1 Å². The third-order valence-corrected chi connectivity index (χ3v) is 6.36. The first-order valence-electron chi connectivity index (χ1n) is 12.3. The van der Waals surface area contributed by atoms with Gasteiger partial charge in [-0.25, -0.2) is 4.79 Å². The normalized spacial score (nSPS) is 13.4. The first-order valence-corrected chi connectivity index (χ1v) is 12.3. The van der Waals surface area contributed by atoms with Crippen molar-refractivity contribution in [3.05, 3.63) is 102 Å². The second-order valence-electron chi connectivity index (χ2n) is 9.19. The van der Waals surface area contributed by atoms with Crippen molar-refractivity contribution in [2.75, 3.05) is 0 Å². The van der Waals surface area contributed by atoms with E-state index in [1.807, 2.05) is 54.6 Å². The Hall–Kier alpha value is -4.63. The number of benzene rings is 3. The van der Waals surface area contributed by atoms with Crippen LogP contribution in [0.2, 0.25) is 0 Å². The van der Waals surface area contributed by atoms with Crippen molar-refractivity contribution in [1.29, 1.82) is 0 Å². The van der Waals surface area contributed by atoms with E-state index in [2.05, 4.69) is 15.6 Å². The number of hydrogen-bond donors (Lipinski definition) is 6. The molecule has 0 fully saturated rings. The molecule has 0 aliphatic rings. The van der Waals surface area contributed by atoms with E-state index < -0.39 is 35.9 Å². The maximum atomic E-state index is 13.4. The summed E-state index contributed by atoms with van der Waals surface area (Å²) in [6.07, 6.45) is 2.14. The number of aromatic hydroxyl groups is 1. The molecule has 3 aromatic carbocycles. The molecule has 0 aliphatic carbocycles. The average molecular weight is 515 g/mol. The van der Waals surface area contributed by atoms with Gasteiger partial charge in [-0.05, 0) is 41.3 Å². The van der Waals surface area contributed by atoms with Crippen LogP contribution in [0.3, 0.4) is 0 Å². The van der Waals surface area contributed by atoms with Crippen molar-refractivity contribution in [3.63, 3.8) is 0 Å². The molecule has 9 nitrogen and oxygen atoms in total. The van der Waals surface area contributed by atoms with Crippen molar-refractivity contribution in [2.24, 2.45) is 5.73 Å². The van der Waals surface area contributed by atoms with Crippen LogP contribution >= 0.6 is 0 Å². The lowest BCUT2D eigenvalue weighted by atomic mass is 10.0. The third-order valence-electron chi connectivity index (χ3n) is 6.36. The van der Waals surface area contributed by atoms with E-state index in [1.54, 1.807) is 18.3 Å². The van der Waals surface area contributed by atoms with Gasteiger partial charge in [-0.15, -0.1) is 0 Å². The summed E-state index contributed by atoms with van der Waals surface area (Å²) < 4.78 is 0. The van der Waals surface area contributed by atoms with Crippen molar-refractivity contribution in [3.8, 4) is 5.75 Å². The Morgan fingerprint density at radius 1 is 0.763 bits per heavy atom. The highest BCUT2D eigenvalue weighted by Crippen LogP contribution is 2.19. The fourth-order valence-electron chi connectivity index (χ4n) is 4.31. The fourth-order valence-corrected chi connectivity index (χ4v) is 4.31. The third kappa shape index (κ3) is 6.77. The number of nitrogens with one attached hydrogen (secondary N) is 3. The number of aliphatic carboxylic acids is 1. The molecule has 3 unspecified atom stereocenters. The van der Waals surface area contributed by atoms with Gasteiger partial charge in [0.25, 0.3) is 0 Å². The molecule has 2 amide bonds. The van der Waals surface area contributed by atoms with Gasteiger partial charge in [0.05, 0.1) is 6.04 Å². The first kappa shape index (κ1) is 26.4. The Morgan fingerprint density at radius 3 is 2.11 bits per heavy atom. The number of carbonyl (C=O) groups excluding carboxylic acids is 2. The number of rotatable bonds is 11. The second kappa shape index (κ2) is 12.1. The zero-order valence-electron chi connectivity index (χ0n) is 20.6. The van der Waals surface area contributed by atoms with E-state index in [-0.39, 0.29) is 25.0 Å². The van der Waals surface area contributed by atoms with Gasteiger partial charge in [-0.3, -0.25) is 9.59 Å². The molecular weight excluding hydrogens is 484 g/mol.